The van der Waals surface area contributed by atoms with Crippen LogP contribution in [0, 0.1) is 0 Å². The molecular weight excluding hydrogens is 244 g/mol. The SMILES string of the molecule is Clc1cccc2c(Nc3ccccc3)ccnc12. The van der Waals surface area contributed by atoms with Crippen molar-refractivity contribution in [1.29, 1.82) is 0 Å². The van der Waals surface area contributed by atoms with Gasteiger partial charge in [0, 0.05) is 23.0 Å². The smallest absolute Gasteiger partial charge is 0.0908 e. The molecule has 0 aliphatic carbocycles. The molecule has 0 saturated carbocycles. The minimum absolute atomic E-state index is 0.671. The highest BCUT2D eigenvalue weighted by Gasteiger charge is 2.04. The Morgan fingerprint density at radius 1 is 0.889 bits per heavy atom. The number of nitrogens with one attached hydrogen (secondary N) is 1. The first-order valence-corrected chi connectivity index (χ1v) is 6.08. The van der Waals surface area contributed by atoms with Crippen LogP contribution in [0.1, 0.15) is 0 Å². The summed E-state index contributed by atoms with van der Waals surface area (Å²) in [5.74, 6) is 0. The lowest BCUT2D eigenvalue weighted by Crippen LogP contribution is -1.92. The maximum absolute atomic E-state index is 6.14. The largest absolute Gasteiger partial charge is 0.355 e. The lowest BCUT2D eigenvalue weighted by Gasteiger charge is -2.09. The Morgan fingerprint density at radius 2 is 1.72 bits per heavy atom. The van der Waals surface area contributed by atoms with Gasteiger partial charge in [0.1, 0.15) is 0 Å². The number of nitrogens with zero attached hydrogens (tertiary/aromatic N) is 1. The maximum Gasteiger partial charge on any atom is 0.0908 e. The van der Waals surface area contributed by atoms with Gasteiger partial charge in [-0.25, -0.2) is 0 Å². The molecule has 0 radical (unpaired) electrons. The average Bonchev–Trinajstić information content (AvgIpc) is 2.41. The van der Waals surface area contributed by atoms with E-state index in [0.29, 0.717) is 5.02 Å². The molecule has 0 atom stereocenters. The number of anilines is 2. The third-order valence-corrected chi connectivity index (χ3v) is 3.08. The molecule has 1 heterocycles. The maximum atomic E-state index is 6.14. The van der Waals surface area contributed by atoms with Crippen molar-refractivity contribution >= 4 is 33.9 Å². The highest BCUT2D eigenvalue weighted by molar-refractivity contribution is 6.35. The summed E-state index contributed by atoms with van der Waals surface area (Å²) in [7, 11) is 0. The Morgan fingerprint density at radius 3 is 2.56 bits per heavy atom. The van der Waals surface area contributed by atoms with Crippen molar-refractivity contribution in [3.63, 3.8) is 0 Å². The molecule has 1 N–H and O–H groups in total. The quantitative estimate of drug-likeness (QED) is 0.721. The predicted molar refractivity (Wildman–Crippen MR) is 76.5 cm³/mol. The monoisotopic (exact) mass is 254 g/mol. The van der Waals surface area contributed by atoms with Crippen LogP contribution < -0.4 is 5.32 Å². The fraction of sp³-hybridized carbons (Fsp3) is 0. The Bertz CT molecular complexity index is 680. The molecule has 88 valence electrons. The zero-order chi connectivity index (χ0) is 12.4. The van der Waals surface area contributed by atoms with Crippen LogP contribution >= 0.6 is 11.6 Å². The van der Waals surface area contributed by atoms with Crippen LogP contribution in [0.15, 0.2) is 60.8 Å². The van der Waals surface area contributed by atoms with E-state index in [4.69, 9.17) is 11.6 Å². The number of fused-ring (bicyclic) bond motifs is 1. The molecule has 3 heteroatoms. The summed E-state index contributed by atoms with van der Waals surface area (Å²) in [6.07, 6.45) is 1.76. The minimum atomic E-state index is 0.671. The third kappa shape index (κ3) is 2.03. The molecule has 0 fully saturated rings. The molecule has 0 unspecified atom stereocenters. The predicted octanol–water partition coefficient (Wildman–Crippen LogP) is 4.63. The zero-order valence-corrected chi connectivity index (χ0v) is 10.4. The number of benzene rings is 2. The minimum Gasteiger partial charge on any atom is -0.355 e. The van der Waals surface area contributed by atoms with Crippen molar-refractivity contribution in [1.82, 2.24) is 4.98 Å². The van der Waals surface area contributed by atoms with Gasteiger partial charge in [-0.2, -0.15) is 0 Å². The van der Waals surface area contributed by atoms with E-state index < -0.39 is 0 Å². The molecule has 3 aromatic rings. The molecule has 1 aromatic heterocycles. The molecule has 2 nitrogen and oxygen atoms in total. The normalized spacial score (nSPS) is 10.5. The summed E-state index contributed by atoms with van der Waals surface area (Å²) < 4.78 is 0. The average molecular weight is 255 g/mol. The Balaban J connectivity index is 2.10. The first-order chi connectivity index (χ1) is 8.84. The van der Waals surface area contributed by atoms with Gasteiger partial charge in [0.2, 0.25) is 0 Å². The van der Waals surface area contributed by atoms with Gasteiger partial charge in [0.15, 0.2) is 0 Å². The summed E-state index contributed by atoms with van der Waals surface area (Å²) in [5, 5.41) is 5.07. The van der Waals surface area contributed by atoms with Gasteiger partial charge in [-0.1, -0.05) is 41.9 Å². The van der Waals surface area contributed by atoms with Crippen LogP contribution in [0.2, 0.25) is 5.02 Å². The van der Waals surface area contributed by atoms with Crippen molar-refractivity contribution in [2.45, 2.75) is 0 Å². The summed E-state index contributed by atoms with van der Waals surface area (Å²) in [6.45, 7) is 0. The van der Waals surface area contributed by atoms with Crippen LogP contribution in [0.3, 0.4) is 0 Å². The summed E-state index contributed by atoms with van der Waals surface area (Å²) >= 11 is 6.14. The van der Waals surface area contributed by atoms with E-state index in [1.165, 1.54) is 0 Å². The second-order valence-corrected chi connectivity index (χ2v) is 4.39. The molecule has 3 rings (SSSR count). The van der Waals surface area contributed by atoms with Gasteiger partial charge in [0.25, 0.3) is 0 Å². The second-order valence-electron chi connectivity index (χ2n) is 3.99. The summed E-state index contributed by atoms with van der Waals surface area (Å²) in [6, 6.07) is 17.8. The van der Waals surface area contributed by atoms with Crippen molar-refractivity contribution in [3.05, 3.63) is 65.8 Å². The van der Waals surface area contributed by atoms with Gasteiger partial charge < -0.3 is 5.32 Å². The fourth-order valence-electron chi connectivity index (χ4n) is 1.93. The Kier molecular flexibility index (Phi) is 2.87. The summed E-state index contributed by atoms with van der Waals surface area (Å²) in [4.78, 5) is 4.31. The molecule has 0 bridgehead atoms. The summed E-state index contributed by atoms with van der Waals surface area (Å²) in [5.41, 5.74) is 2.87. The van der Waals surface area contributed by atoms with Gasteiger partial charge in [-0.3, -0.25) is 4.98 Å². The fourth-order valence-corrected chi connectivity index (χ4v) is 2.15. The van der Waals surface area contributed by atoms with Crippen LogP contribution in [0.4, 0.5) is 11.4 Å². The van der Waals surface area contributed by atoms with Crippen LogP contribution in [0.25, 0.3) is 10.9 Å². The van der Waals surface area contributed by atoms with E-state index >= 15 is 0 Å². The molecule has 0 saturated heterocycles. The standard InChI is InChI=1S/C15H11ClN2/c16-13-8-4-7-12-14(9-10-17-15(12)13)18-11-5-2-1-3-6-11/h1-10H,(H,17,18). The van der Waals surface area contributed by atoms with Crippen molar-refractivity contribution in [3.8, 4) is 0 Å². The molecule has 0 amide bonds. The number of rotatable bonds is 2. The second kappa shape index (κ2) is 4.67. The molecule has 0 spiro atoms. The van der Waals surface area contributed by atoms with Gasteiger partial charge in [-0.05, 0) is 24.3 Å². The van der Waals surface area contributed by atoms with Crippen molar-refractivity contribution in [2.75, 3.05) is 5.32 Å². The number of pyridine rings is 1. The number of hydrogen-bond acceptors (Lipinski definition) is 2. The van der Waals surface area contributed by atoms with E-state index in [2.05, 4.69) is 10.3 Å². The van der Waals surface area contributed by atoms with E-state index in [9.17, 15) is 0 Å². The molecule has 2 aromatic carbocycles. The number of hydrogen-bond donors (Lipinski definition) is 1. The van der Waals surface area contributed by atoms with Crippen LogP contribution in [0.5, 0.6) is 0 Å². The molecular formula is C15H11ClN2. The number of halogens is 1. The third-order valence-electron chi connectivity index (χ3n) is 2.77. The Labute approximate surface area is 110 Å². The van der Waals surface area contributed by atoms with Crippen LogP contribution in [-0.2, 0) is 0 Å². The Hall–Kier alpha value is -2.06. The van der Waals surface area contributed by atoms with E-state index in [1.54, 1.807) is 6.20 Å². The van der Waals surface area contributed by atoms with Crippen LogP contribution in [-0.4, -0.2) is 4.98 Å². The first kappa shape index (κ1) is 11.1. The van der Waals surface area contributed by atoms with E-state index in [-0.39, 0.29) is 0 Å². The zero-order valence-electron chi connectivity index (χ0n) is 9.60. The van der Waals surface area contributed by atoms with Gasteiger partial charge >= 0.3 is 0 Å². The van der Waals surface area contributed by atoms with Gasteiger partial charge in [0.05, 0.1) is 10.5 Å². The van der Waals surface area contributed by atoms with Crippen molar-refractivity contribution in [2.24, 2.45) is 0 Å². The highest BCUT2D eigenvalue weighted by Crippen LogP contribution is 2.28. The molecule has 18 heavy (non-hydrogen) atoms. The van der Waals surface area contributed by atoms with E-state index in [1.807, 2.05) is 54.6 Å². The molecule has 0 aliphatic rings. The topological polar surface area (TPSA) is 24.9 Å². The highest BCUT2D eigenvalue weighted by atomic mass is 35.5. The van der Waals surface area contributed by atoms with Gasteiger partial charge in [-0.15, -0.1) is 0 Å². The number of para-hydroxylation sites is 2. The first-order valence-electron chi connectivity index (χ1n) is 5.70. The molecule has 0 aliphatic heterocycles. The van der Waals surface area contributed by atoms with Crippen molar-refractivity contribution < 1.29 is 0 Å². The lowest BCUT2D eigenvalue weighted by molar-refractivity contribution is 1.40. The lowest BCUT2D eigenvalue weighted by atomic mass is 10.2. The number of aromatic nitrogens is 1. The van der Waals surface area contributed by atoms with E-state index in [0.717, 1.165) is 22.3 Å².